The van der Waals surface area contributed by atoms with Gasteiger partial charge in [-0.25, -0.2) is 19.3 Å². The zero-order chi connectivity index (χ0) is 28.6. The van der Waals surface area contributed by atoms with Crippen LogP contribution in [0.15, 0.2) is 42.9 Å². The molecule has 41 heavy (non-hydrogen) atoms. The van der Waals surface area contributed by atoms with Crippen molar-refractivity contribution in [2.45, 2.75) is 45.1 Å². The minimum Gasteiger partial charge on any atom is -0.478 e. The minimum atomic E-state index is -2.79. The fourth-order valence-electron chi connectivity index (χ4n) is 5.62. The lowest BCUT2D eigenvalue weighted by Gasteiger charge is -2.12. The van der Waals surface area contributed by atoms with Gasteiger partial charge >= 0.3 is 6.55 Å². The van der Waals surface area contributed by atoms with Crippen LogP contribution in [-0.4, -0.2) is 51.0 Å². The molecule has 10 nitrogen and oxygen atoms in total. The van der Waals surface area contributed by atoms with Crippen molar-refractivity contribution in [1.29, 1.82) is 0 Å². The maximum atomic E-state index is 13.4. The molecule has 5 heterocycles. The summed E-state index contributed by atoms with van der Waals surface area (Å²) in [4.78, 5) is 10.2. The molecule has 0 aliphatic heterocycles. The quantitative estimate of drug-likeness (QED) is 0.240. The first-order valence-electron chi connectivity index (χ1n) is 13.5. The number of hydrogen-bond acceptors (Lipinski definition) is 6. The van der Waals surface area contributed by atoms with Crippen LogP contribution in [0.5, 0.6) is 5.88 Å². The van der Waals surface area contributed by atoms with Crippen molar-refractivity contribution < 1.29 is 13.5 Å². The molecular formula is C29H29F2N9O. The largest absolute Gasteiger partial charge is 0.478 e. The van der Waals surface area contributed by atoms with Crippen molar-refractivity contribution in [1.82, 2.24) is 43.9 Å². The number of pyridine rings is 1. The number of rotatable bonds is 7. The van der Waals surface area contributed by atoms with E-state index in [9.17, 15) is 8.78 Å². The number of ether oxygens (including phenoxy) is 1. The molecule has 7 rings (SSSR count). The van der Waals surface area contributed by atoms with Gasteiger partial charge in [-0.15, -0.1) is 5.10 Å². The maximum Gasteiger partial charge on any atom is 0.333 e. The van der Waals surface area contributed by atoms with Gasteiger partial charge in [0.1, 0.15) is 11.5 Å². The van der Waals surface area contributed by atoms with Crippen LogP contribution in [0, 0.1) is 0 Å². The smallest absolute Gasteiger partial charge is 0.333 e. The summed E-state index contributed by atoms with van der Waals surface area (Å²) < 4.78 is 38.1. The van der Waals surface area contributed by atoms with E-state index < -0.39 is 6.55 Å². The van der Waals surface area contributed by atoms with E-state index >= 15 is 0 Å². The molecule has 0 bridgehead atoms. The molecule has 0 saturated heterocycles. The topological polar surface area (TPSA) is 93.4 Å². The summed E-state index contributed by atoms with van der Waals surface area (Å²) in [5.74, 6) is 1.50. The predicted molar refractivity (Wildman–Crippen MR) is 150 cm³/mol. The standard InChI is InChI=1S/C29H29F2N9O/c1-15(2)23-19(11-17-12-37(3)35-26(17)32-23)27-33-24(25(38(27)4)16-9-10-16)18-7-6-8-21-20(18)13-39(34-21)22-14-40(29(30)31)36-28(22)41-5/h6-8,11-16,29H,9-10H2,1-5H3. The predicted octanol–water partition coefficient (Wildman–Crippen LogP) is 5.98. The van der Waals surface area contributed by atoms with E-state index in [-0.39, 0.29) is 11.8 Å². The summed E-state index contributed by atoms with van der Waals surface area (Å²) in [6.45, 7) is 1.47. The van der Waals surface area contributed by atoms with Gasteiger partial charge in [-0.2, -0.15) is 19.0 Å². The van der Waals surface area contributed by atoms with Gasteiger partial charge in [0.15, 0.2) is 5.65 Å². The Labute approximate surface area is 234 Å². The SMILES string of the molecule is COc1nn(C(F)F)cc1-n1cc2c(-c3nc(-c4cc5cn(C)nc5nc4C(C)C)n(C)c3C3CC3)cccc2n1. The zero-order valence-electron chi connectivity index (χ0n) is 23.4. The molecular weight excluding hydrogens is 528 g/mol. The number of hydrogen-bond donors (Lipinski definition) is 0. The molecule has 0 N–H and O–H groups in total. The second kappa shape index (κ2) is 9.22. The highest BCUT2D eigenvalue weighted by molar-refractivity contribution is 5.95. The molecule has 210 valence electrons. The van der Waals surface area contributed by atoms with Crippen molar-refractivity contribution in [2.24, 2.45) is 14.1 Å². The van der Waals surface area contributed by atoms with Crippen LogP contribution >= 0.6 is 0 Å². The first-order chi connectivity index (χ1) is 19.7. The molecule has 0 amide bonds. The third kappa shape index (κ3) is 4.08. The Kier molecular flexibility index (Phi) is 5.70. The van der Waals surface area contributed by atoms with Crippen molar-refractivity contribution in [3.8, 4) is 34.2 Å². The number of aryl methyl sites for hydroxylation is 1. The lowest BCUT2D eigenvalue weighted by Crippen LogP contribution is -2.03. The molecule has 0 radical (unpaired) electrons. The van der Waals surface area contributed by atoms with Crippen LogP contribution in [0.4, 0.5) is 8.78 Å². The van der Waals surface area contributed by atoms with Gasteiger partial charge in [0.25, 0.3) is 5.88 Å². The maximum absolute atomic E-state index is 13.4. The molecule has 1 aliphatic rings. The van der Waals surface area contributed by atoms with Gasteiger partial charge in [0, 0.05) is 60.0 Å². The van der Waals surface area contributed by atoms with Crippen LogP contribution in [0.1, 0.15) is 56.5 Å². The molecule has 5 aromatic heterocycles. The van der Waals surface area contributed by atoms with Gasteiger partial charge in [-0.3, -0.25) is 4.68 Å². The lowest BCUT2D eigenvalue weighted by molar-refractivity contribution is 0.0553. The average molecular weight is 558 g/mol. The number of methoxy groups -OCH3 is 1. The molecule has 0 unspecified atom stereocenters. The second-order valence-electron chi connectivity index (χ2n) is 10.9. The molecule has 1 aliphatic carbocycles. The zero-order valence-corrected chi connectivity index (χ0v) is 23.4. The fraction of sp³-hybridized carbons (Fsp3) is 0.345. The lowest BCUT2D eigenvalue weighted by atomic mass is 10.0. The van der Waals surface area contributed by atoms with Crippen molar-refractivity contribution in [2.75, 3.05) is 7.11 Å². The molecule has 1 fully saturated rings. The van der Waals surface area contributed by atoms with E-state index in [1.807, 2.05) is 37.6 Å². The Balaban J connectivity index is 1.42. The van der Waals surface area contributed by atoms with E-state index in [1.165, 1.54) is 23.7 Å². The molecule has 0 spiro atoms. The molecule has 0 atom stereocenters. The first-order valence-corrected chi connectivity index (χ1v) is 13.5. The number of halogens is 2. The monoisotopic (exact) mass is 557 g/mol. The summed E-state index contributed by atoms with van der Waals surface area (Å²) in [7, 11) is 5.37. The second-order valence-corrected chi connectivity index (χ2v) is 10.9. The van der Waals surface area contributed by atoms with Gasteiger partial charge in [-0.1, -0.05) is 26.0 Å². The highest BCUT2D eigenvalue weighted by atomic mass is 19.3. The molecule has 1 saturated carbocycles. The Morgan fingerprint density at radius 3 is 2.49 bits per heavy atom. The Bertz CT molecular complexity index is 1940. The third-order valence-electron chi connectivity index (χ3n) is 7.66. The highest BCUT2D eigenvalue weighted by Gasteiger charge is 2.33. The van der Waals surface area contributed by atoms with Gasteiger partial charge in [0.05, 0.1) is 30.2 Å². The molecule has 1 aromatic carbocycles. The average Bonchev–Trinajstić information content (AvgIpc) is 3.27. The summed E-state index contributed by atoms with van der Waals surface area (Å²) in [5.41, 5.74) is 6.70. The van der Waals surface area contributed by atoms with Crippen LogP contribution < -0.4 is 4.74 Å². The van der Waals surface area contributed by atoms with Gasteiger partial charge in [-0.05, 0) is 30.9 Å². The fourth-order valence-corrected chi connectivity index (χ4v) is 5.62. The number of alkyl halides is 2. The highest BCUT2D eigenvalue weighted by Crippen LogP contribution is 2.47. The van der Waals surface area contributed by atoms with Crippen LogP contribution in [0.2, 0.25) is 0 Å². The van der Waals surface area contributed by atoms with E-state index in [1.54, 1.807) is 4.68 Å². The summed E-state index contributed by atoms with van der Waals surface area (Å²) >= 11 is 0. The van der Waals surface area contributed by atoms with E-state index in [2.05, 4.69) is 46.8 Å². The number of aromatic nitrogens is 9. The Morgan fingerprint density at radius 1 is 0.976 bits per heavy atom. The first kappa shape index (κ1) is 25.4. The number of nitrogens with zero attached hydrogens (tertiary/aromatic N) is 9. The molecule has 12 heteroatoms. The van der Waals surface area contributed by atoms with Crippen LogP contribution in [-0.2, 0) is 14.1 Å². The van der Waals surface area contributed by atoms with Gasteiger partial charge < -0.3 is 9.30 Å². The van der Waals surface area contributed by atoms with Crippen molar-refractivity contribution in [3.63, 3.8) is 0 Å². The van der Waals surface area contributed by atoms with E-state index in [0.717, 1.165) is 57.6 Å². The number of fused-ring (bicyclic) bond motifs is 2. The number of imidazole rings is 1. The van der Waals surface area contributed by atoms with Crippen LogP contribution in [0.25, 0.3) is 50.3 Å². The molecule has 6 aromatic rings. The van der Waals surface area contributed by atoms with Crippen molar-refractivity contribution >= 4 is 21.9 Å². The Hall–Kier alpha value is -4.61. The van der Waals surface area contributed by atoms with Crippen LogP contribution in [0.3, 0.4) is 0 Å². The van der Waals surface area contributed by atoms with Gasteiger partial charge in [0.2, 0.25) is 0 Å². The summed E-state index contributed by atoms with van der Waals surface area (Å²) in [6, 6.07) is 8.02. The summed E-state index contributed by atoms with van der Waals surface area (Å²) in [6.07, 6.45) is 7.23. The third-order valence-corrected chi connectivity index (χ3v) is 7.66. The van der Waals surface area contributed by atoms with Crippen molar-refractivity contribution in [3.05, 3.63) is 54.2 Å². The van der Waals surface area contributed by atoms with E-state index in [4.69, 9.17) is 14.7 Å². The minimum absolute atomic E-state index is 0.0676. The summed E-state index contributed by atoms with van der Waals surface area (Å²) in [5, 5.41) is 14.9. The van der Waals surface area contributed by atoms with E-state index in [0.29, 0.717) is 21.8 Å². The normalized spacial score (nSPS) is 13.9. The number of benzene rings is 1. The Morgan fingerprint density at radius 2 is 1.78 bits per heavy atom.